The number of hydrogen-bond donors (Lipinski definition) is 0. The summed E-state index contributed by atoms with van der Waals surface area (Å²) in [7, 11) is -2.03. The Bertz CT molecular complexity index is 780. The van der Waals surface area contributed by atoms with Gasteiger partial charge in [0.05, 0.1) is 21.3 Å². The summed E-state index contributed by atoms with van der Waals surface area (Å²) in [5.74, 6) is -0.718. The molecule has 0 unspecified atom stereocenters. The fourth-order valence-electron chi connectivity index (χ4n) is 2.19. The van der Waals surface area contributed by atoms with Gasteiger partial charge in [-0.3, -0.25) is 0 Å². The summed E-state index contributed by atoms with van der Waals surface area (Å²) in [4.78, 5) is 12.3. The Hall–Kier alpha value is -1.89. The summed E-state index contributed by atoms with van der Waals surface area (Å²) < 4.78 is 31.8. The van der Waals surface area contributed by atoms with Gasteiger partial charge in [-0.2, -0.15) is 18.0 Å². The molecular weight excluding hydrogens is 334 g/mol. The average Bonchev–Trinajstić information content (AvgIpc) is 2.84. The van der Waals surface area contributed by atoms with Crippen molar-refractivity contribution in [3.63, 3.8) is 0 Å². The van der Waals surface area contributed by atoms with Gasteiger partial charge in [0.2, 0.25) is 0 Å². The summed E-state index contributed by atoms with van der Waals surface area (Å²) >= 11 is 0. The van der Waals surface area contributed by atoms with E-state index in [0.29, 0.717) is 10.8 Å². The van der Waals surface area contributed by atoms with E-state index in [1.807, 2.05) is 25.7 Å². The van der Waals surface area contributed by atoms with Crippen LogP contribution < -0.4 is 5.19 Å². The number of ether oxygens (including phenoxy) is 1. The topological polar surface area (TPSA) is 92.4 Å². The normalized spacial score (nSPS) is 12.6. The number of nitrogens with zero attached hydrogens (tertiary/aromatic N) is 3. The summed E-state index contributed by atoms with van der Waals surface area (Å²) in [5.41, 5.74) is 0.537. The molecule has 1 rings (SSSR count). The lowest BCUT2D eigenvalue weighted by Gasteiger charge is -2.20. The molecule has 1 heterocycles. The predicted molar refractivity (Wildman–Crippen MR) is 91.4 cm³/mol. The maximum absolute atomic E-state index is 12.5. The van der Waals surface area contributed by atoms with Gasteiger partial charge in [0.1, 0.15) is 5.69 Å². The zero-order chi connectivity index (χ0) is 18.0. The van der Waals surface area contributed by atoms with Gasteiger partial charge >= 0.3 is 16.2 Å². The van der Waals surface area contributed by atoms with Gasteiger partial charge in [0.15, 0.2) is 0 Å². The van der Waals surface area contributed by atoms with Crippen LogP contribution in [0.1, 0.15) is 16.1 Å². The summed E-state index contributed by atoms with van der Waals surface area (Å²) in [6.45, 7) is 5.97. The second kappa shape index (κ2) is 6.70. The highest BCUT2D eigenvalue weighted by atomic mass is 32.2. The van der Waals surface area contributed by atoms with E-state index in [4.69, 9.17) is 10.00 Å². The van der Waals surface area contributed by atoms with Crippen molar-refractivity contribution in [2.45, 2.75) is 19.6 Å². The summed E-state index contributed by atoms with van der Waals surface area (Å²) in [5, 5.41) is 9.39. The summed E-state index contributed by atoms with van der Waals surface area (Å²) in [6, 6.07) is 1.88. The fraction of sp³-hybridized carbons (Fsp3) is 0.429. The number of carbonyl (C=O) groups excluding carboxylic acids is 1. The monoisotopic (exact) mass is 355 g/mol. The molecular formula is C14H21N3O4SSi. The van der Waals surface area contributed by atoms with Gasteiger partial charge in [0.25, 0.3) is 0 Å². The van der Waals surface area contributed by atoms with Gasteiger partial charge in [-0.1, -0.05) is 19.6 Å². The van der Waals surface area contributed by atoms with Crippen molar-refractivity contribution in [3.8, 4) is 6.07 Å². The van der Waals surface area contributed by atoms with Crippen molar-refractivity contribution in [2.24, 2.45) is 0 Å². The minimum absolute atomic E-state index is 0.00189. The molecule has 126 valence electrons. The van der Waals surface area contributed by atoms with E-state index >= 15 is 0 Å². The molecule has 7 nitrogen and oxygen atoms in total. The number of rotatable bonds is 5. The van der Waals surface area contributed by atoms with Crippen LogP contribution in [0.2, 0.25) is 19.6 Å². The van der Waals surface area contributed by atoms with Gasteiger partial charge in [-0.25, -0.2) is 8.77 Å². The number of allylic oxidation sites excluding steroid dienone is 1. The molecule has 0 saturated carbocycles. The first kappa shape index (κ1) is 19.2. The molecule has 0 spiro atoms. The number of nitriles is 1. The number of methoxy groups -OCH3 is 1. The Morgan fingerprint density at radius 2 is 1.96 bits per heavy atom. The van der Waals surface area contributed by atoms with Crippen LogP contribution in [0.3, 0.4) is 0 Å². The van der Waals surface area contributed by atoms with Gasteiger partial charge < -0.3 is 4.74 Å². The molecule has 0 fully saturated rings. The van der Waals surface area contributed by atoms with Crippen LogP contribution in [0.4, 0.5) is 0 Å². The molecule has 0 aliphatic rings. The lowest BCUT2D eigenvalue weighted by molar-refractivity contribution is 0.0594. The van der Waals surface area contributed by atoms with E-state index in [0.717, 1.165) is 8.28 Å². The first-order valence-corrected chi connectivity index (χ1v) is 11.7. The zero-order valence-corrected chi connectivity index (χ0v) is 15.9. The Kier molecular flexibility index (Phi) is 5.58. The Morgan fingerprint density at radius 3 is 2.35 bits per heavy atom. The SMILES string of the molecule is COC(=O)c1c([Si](C)(C)C)c(/C=C/C#N)cn1S(=O)(=O)N(C)C. The summed E-state index contributed by atoms with van der Waals surface area (Å²) in [6.07, 6.45) is 4.14. The first-order chi connectivity index (χ1) is 10.5. The molecule has 1 aromatic heterocycles. The van der Waals surface area contributed by atoms with Crippen LogP contribution in [0.15, 0.2) is 12.3 Å². The minimum Gasteiger partial charge on any atom is -0.464 e. The van der Waals surface area contributed by atoms with Crippen molar-refractivity contribution in [1.29, 1.82) is 5.26 Å². The standard InChI is InChI=1S/C14H21N3O4SSi/c1-16(2)22(19,20)17-10-11(8-7-9-15)13(23(4,5)6)12(17)14(18)21-3/h7-8,10H,1-6H3/b8-7+. The second-order valence-corrected chi connectivity index (χ2v) is 13.1. The average molecular weight is 355 g/mol. The van der Waals surface area contributed by atoms with E-state index in [-0.39, 0.29) is 5.69 Å². The molecule has 0 bridgehead atoms. The van der Waals surface area contributed by atoms with E-state index in [1.165, 1.54) is 39.6 Å². The third-order valence-corrected chi connectivity index (χ3v) is 6.91. The van der Waals surface area contributed by atoms with Gasteiger partial charge in [-0.05, 0) is 16.8 Å². The predicted octanol–water partition coefficient (Wildman–Crippen LogP) is 1.01. The van der Waals surface area contributed by atoms with Crippen LogP contribution in [0.25, 0.3) is 6.08 Å². The zero-order valence-electron chi connectivity index (χ0n) is 14.1. The van der Waals surface area contributed by atoms with Gasteiger partial charge in [0, 0.05) is 26.4 Å². The number of aromatic nitrogens is 1. The largest absolute Gasteiger partial charge is 0.464 e. The van der Waals surface area contributed by atoms with E-state index in [1.54, 1.807) is 0 Å². The number of hydrogen-bond acceptors (Lipinski definition) is 5. The highest BCUT2D eigenvalue weighted by Crippen LogP contribution is 2.19. The smallest absolute Gasteiger partial charge is 0.355 e. The molecule has 0 atom stereocenters. The Morgan fingerprint density at radius 1 is 1.39 bits per heavy atom. The first-order valence-electron chi connectivity index (χ1n) is 6.81. The Labute approximate surface area is 138 Å². The van der Waals surface area contributed by atoms with Crippen LogP contribution in [-0.2, 0) is 14.9 Å². The number of carbonyl (C=O) groups is 1. The van der Waals surface area contributed by atoms with Crippen molar-refractivity contribution in [2.75, 3.05) is 21.2 Å². The third kappa shape index (κ3) is 3.72. The molecule has 0 aliphatic heterocycles. The molecule has 1 aromatic rings. The fourth-order valence-corrected chi connectivity index (χ4v) is 5.21. The molecule has 9 heteroatoms. The van der Waals surface area contributed by atoms with Crippen LogP contribution in [-0.4, -0.2) is 51.9 Å². The minimum atomic E-state index is -3.90. The molecule has 0 amide bonds. The van der Waals surface area contributed by atoms with Crippen molar-refractivity contribution >= 4 is 35.5 Å². The maximum Gasteiger partial charge on any atom is 0.355 e. The molecule has 0 aromatic carbocycles. The molecule has 0 saturated heterocycles. The highest BCUT2D eigenvalue weighted by molar-refractivity contribution is 7.87. The lowest BCUT2D eigenvalue weighted by Crippen LogP contribution is -2.43. The Balaban J connectivity index is 3.93. The van der Waals surface area contributed by atoms with E-state index in [9.17, 15) is 13.2 Å². The van der Waals surface area contributed by atoms with Crippen LogP contribution in [0, 0.1) is 11.3 Å². The van der Waals surface area contributed by atoms with Gasteiger partial charge in [-0.15, -0.1) is 0 Å². The molecule has 23 heavy (non-hydrogen) atoms. The lowest BCUT2D eigenvalue weighted by atomic mass is 10.3. The van der Waals surface area contributed by atoms with Crippen molar-refractivity contribution < 1.29 is 17.9 Å². The number of esters is 1. The molecule has 0 aliphatic carbocycles. The third-order valence-electron chi connectivity index (χ3n) is 3.18. The second-order valence-electron chi connectivity index (χ2n) is 6.10. The van der Waals surface area contributed by atoms with Crippen molar-refractivity contribution in [3.05, 3.63) is 23.5 Å². The van der Waals surface area contributed by atoms with Crippen LogP contribution >= 0.6 is 0 Å². The quantitative estimate of drug-likeness (QED) is 0.446. The van der Waals surface area contributed by atoms with Crippen LogP contribution in [0.5, 0.6) is 0 Å². The van der Waals surface area contributed by atoms with Crippen molar-refractivity contribution in [1.82, 2.24) is 8.28 Å². The molecule has 0 radical (unpaired) electrons. The maximum atomic E-state index is 12.5. The highest BCUT2D eigenvalue weighted by Gasteiger charge is 2.35. The molecule has 0 N–H and O–H groups in total. The van der Waals surface area contributed by atoms with E-state index < -0.39 is 24.3 Å². The van der Waals surface area contributed by atoms with E-state index in [2.05, 4.69) is 0 Å².